The lowest BCUT2D eigenvalue weighted by molar-refractivity contribution is -0.142. The van der Waals surface area contributed by atoms with Crippen molar-refractivity contribution in [2.75, 3.05) is 0 Å². The summed E-state index contributed by atoms with van der Waals surface area (Å²) in [6.07, 6.45) is 3.47. The third-order valence-corrected chi connectivity index (χ3v) is 2.64. The second kappa shape index (κ2) is 5.98. The summed E-state index contributed by atoms with van der Waals surface area (Å²) in [7, 11) is 0. The second-order valence-electron chi connectivity index (χ2n) is 4.02. The number of aromatic nitrogens is 1. The number of aliphatic carboxylic acids is 1. The van der Waals surface area contributed by atoms with Gasteiger partial charge in [-0.25, -0.2) is 0 Å². The summed E-state index contributed by atoms with van der Waals surface area (Å²) in [5.41, 5.74) is 0.854. The molecule has 0 bridgehead atoms. The number of carboxylic acid groups (broad SMARTS) is 1. The van der Waals surface area contributed by atoms with Gasteiger partial charge in [0.05, 0.1) is 12.3 Å². The molecule has 2 atom stereocenters. The molecule has 17 heavy (non-hydrogen) atoms. The summed E-state index contributed by atoms with van der Waals surface area (Å²) in [5, 5.41) is 11.5. The first kappa shape index (κ1) is 13.2. The predicted octanol–water partition coefficient (Wildman–Crippen LogP) is 0.849. The van der Waals surface area contributed by atoms with Crippen molar-refractivity contribution in [3.05, 3.63) is 30.1 Å². The molecule has 0 saturated carbocycles. The molecule has 5 nitrogen and oxygen atoms in total. The zero-order valence-electron chi connectivity index (χ0n) is 9.88. The molecule has 0 radical (unpaired) electrons. The summed E-state index contributed by atoms with van der Waals surface area (Å²) in [5.74, 6) is -1.70. The first-order valence-corrected chi connectivity index (χ1v) is 5.41. The van der Waals surface area contributed by atoms with E-state index < -0.39 is 11.9 Å². The molecule has 1 aromatic heterocycles. The molecular weight excluding hydrogens is 220 g/mol. The molecule has 0 aliphatic carbocycles. The van der Waals surface area contributed by atoms with Gasteiger partial charge >= 0.3 is 5.97 Å². The summed E-state index contributed by atoms with van der Waals surface area (Å²) in [6.45, 7) is 3.25. The number of hydrogen-bond acceptors (Lipinski definition) is 3. The standard InChI is InChI=1S/C12H16N2O3/c1-8(12(16)17)9(2)14-11(15)7-10-3-5-13-6-4-10/h3-6,8-9H,7H2,1-2H3,(H,14,15)(H,16,17). The van der Waals surface area contributed by atoms with Crippen molar-refractivity contribution < 1.29 is 14.7 Å². The van der Waals surface area contributed by atoms with Crippen molar-refractivity contribution in [2.24, 2.45) is 5.92 Å². The van der Waals surface area contributed by atoms with Crippen LogP contribution in [-0.2, 0) is 16.0 Å². The van der Waals surface area contributed by atoms with Crippen molar-refractivity contribution in [3.8, 4) is 0 Å². The number of nitrogens with one attached hydrogen (secondary N) is 1. The van der Waals surface area contributed by atoms with Crippen LogP contribution >= 0.6 is 0 Å². The van der Waals surface area contributed by atoms with Gasteiger partial charge in [-0.15, -0.1) is 0 Å². The quantitative estimate of drug-likeness (QED) is 0.794. The van der Waals surface area contributed by atoms with E-state index in [1.54, 1.807) is 38.4 Å². The number of amides is 1. The van der Waals surface area contributed by atoms with Gasteiger partial charge in [0, 0.05) is 18.4 Å². The number of carboxylic acids is 1. The fourth-order valence-corrected chi connectivity index (χ4v) is 1.33. The number of carbonyl (C=O) groups excluding carboxylic acids is 1. The van der Waals surface area contributed by atoms with Crippen molar-refractivity contribution in [1.29, 1.82) is 0 Å². The van der Waals surface area contributed by atoms with E-state index in [9.17, 15) is 9.59 Å². The minimum absolute atomic E-state index is 0.184. The highest BCUT2D eigenvalue weighted by Crippen LogP contribution is 2.03. The molecule has 0 aliphatic rings. The molecular formula is C12H16N2O3. The molecule has 0 aliphatic heterocycles. The van der Waals surface area contributed by atoms with Crippen LogP contribution in [0.4, 0.5) is 0 Å². The number of nitrogens with zero attached hydrogens (tertiary/aromatic N) is 1. The molecule has 2 unspecified atom stereocenters. The third-order valence-electron chi connectivity index (χ3n) is 2.64. The summed E-state index contributed by atoms with van der Waals surface area (Å²) >= 11 is 0. The Kier molecular flexibility index (Phi) is 4.63. The predicted molar refractivity (Wildman–Crippen MR) is 62.3 cm³/mol. The highest BCUT2D eigenvalue weighted by Gasteiger charge is 2.20. The Hall–Kier alpha value is -1.91. The van der Waals surface area contributed by atoms with Gasteiger partial charge in [0.25, 0.3) is 0 Å². The van der Waals surface area contributed by atoms with Crippen molar-refractivity contribution in [3.63, 3.8) is 0 Å². The van der Waals surface area contributed by atoms with Gasteiger partial charge in [0.2, 0.25) is 5.91 Å². The molecule has 0 fully saturated rings. The number of pyridine rings is 1. The number of hydrogen-bond donors (Lipinski definition) is 2. The Bertz CT molecular complexity index is 392. The van der Waals surface area contributed by atoms with E-state index >= 15 is 0 Å². The molecule has 0 aromatic carbocycles. The van der Waals surface area contributed by atoms with Crippen LogP contribution < -0.4 is 5.32 Å². The summed E-state index contributed by atoms with van der Waals surface area (Å²) in [6, 6.07) is 3.12. The average molecular weight is 236 g/mol. The normalized spacial score (nSPS) is 13.8. The topological polar surface area (TPSA) is 79.3 Å². The van der Waals surface area contributed by atoms with Crippen LogP contribution in [0.5, 0.6) is 0 Å². The zero-order chi connectivity index (χ0) is 12.8. The zero-order valence-corrected chi connectivity index (χ0v) is 9.88. The van der Waals surface area contributed by atoms with Crippen molar-refractivity contribution >= 4 is 11.9 Å². The van der Waals surface area contributed by atoms with E-state index in [-0.39, 0.29) is 18.4 Å². The molecule has 5 heteroatoms. The van der Waals surface area contributed by atoms with Crippen molar-refractivity contribution in [1.82, 2.24) is 10.3 Å². The maximum Gasteiger partial charge on any atom is 0.308 e. The maximum atomic E-state index is 11.6. The largest absolute Gasteiger partial charge is 0.481 e. The Morgan fingerprint density at radius 1 is 1.35 bits per heavy atom. The molecule has 1 aromatic rings. The lowest BCUT2D eigenvalue weighted by Gasteiger charge is -2.17. The van der Waals surface area contributed by atoms with Gasteiger partial charge in [0.15, 0.2) is 0 Å². The summed E-state index contributed by atoms with van der Waals surface area (Å²) < 4.78 is 0. The van der Waals surface area contributed by atoms with Crippen LogP contribution in [0.2, 0.25) is 0 Å². The second-order valence-corrected chi connectivity index (χ2v) is 4.02. The molecule has 0 spiro atoms. The fraction of sp³-hybridized carbons (Fsp3) is 0.417. The highest BCUT2D eigenvalue weighted by molar-refractivity contribution is 5.80. The van der Waals surface area contributed by atoms with E-state index in [1.807, 2.05) is 0 Å². The third kappa shape index (κ3) is 4.22. The van der Waals surface area contributed by atoms with Crippen LogP contribution in [0.15, 0.2) is 24.5 Å². The van der Waals surface area contributed by atoms with Gasteiger partial charge in [-0.2, -0.15) is 0 Å². The van der Waals surface area contributed by atoms with Crippen LogP contribution in [0.25, 0.3) is 0 Å². The van der Waals surface area contributed by atoms with E-state index in [4.69, 9.17) is 5.11 Å². The average Bonchev–Trinajstić information content (AvgIpc) is 2.28. The molecule has 0 saturated heterocycles. The van der Waals surface area contributed by atoms with Crippen LogP contribution in [-0.4, -0.2) is 28.0 Å². The monoisotopic (exact) mass is 236 g/mol. The first-order chi connectivity index (χ1) is 8.00. The molecule has 1 heterocycles. The van der Waals surface area contributed by atoms with Crippen LogP contribution in [0.1, 0.15) is 19.4 Å². The van der Waals surface area contributed by atoms with Gasteiger partial charge in [-0.05, 0) is 31.5 Å². The van der Waals surface area contributed by atoms with Crippen LogP contribution in [0, 0.1) is 5.92 Å². The SMILES string of the molecule is CC(NC(=O)Cc1ccncc1)C(C)C(=O)O. The molecule has 1 amide bonds. The van der Waals surface area contributed by atoms with E-state index in [1.165, 1.54) is 0 Å². The number of carbonyl (C=O) groups is 2. The van der Waals surface area contributed by atoms with E-state index in [0.717, 1.165) is 5.56 Å². The van der Waals surface area contributed by atoms with Gasteiger partial charge in [0.1, 0.15) is 0 Å². The highest BCUT2D eigenvalue weighted by atomic mass is 16.4. The lowest BCUT2D eigenvalue weighted by atomic mass is 10.0. The smallest absolute Gasteiger partial charge is 0.308 e. The maximum absolute atomic E-state index is 11.6. The van der Waals surface area contributed by atoms with E-state index in [2.05, 4.69) is 10.3 Å². The Morgan fingerprint density at radius 2 is 1.94 bits per heavy atom. The lowest BCUT2D eigenvalue weighted by Crippen LogP contribution is -2.40. The fourth-order valence-electron chi connectivity index (χ4n) is 1.33. The molecule has 2 N–H and O–H groups in total. The molecule has 92 valence electrons. The Labute approximate surface area is 99.9 Å². The molecule has 1 rings (SSSR count). The van der Waals surface area contributed by atoms with E-state index in [0.29, 0.717) is 0 Å². The first-order valence-electron chi connectivity index (χ1n) is 5.41. The van der Waals surface area contributed by atoms with Crippen molar-refractivity contribution in [2.45, 2.75) is 26.3 Å². The van der Waals surface area contributed by atoms with Gasteiger partial charge in [-0.1, -0.05) is 0 Å². The summed E-state index contributed by atoms with van der Waals surface area (Å²) in [4.78, 5) is 26.2. The Balaban J connectivity index is 2.48. The minimum Gasteiger partial charge on any atom is -0.481 e. The van der Waals surface area contributed by atoms with Gasteiger partial charge < -0.3 is 10.4 Å². The van der Waals surface area contributed by atoms with Gasteiger partial charge in [-0.3, -0.25) is 14.6 Å². The van der Waals surface area contributed by atoms with Crippen LogP contribution in [0.3, 0.4) is 0 Å². The number of rotatable bonds is 5. The minimum atomic E-state index is -0.915. The Morgan fingerprint density at radius 3 is 2.47 bits per heavy atom.